The fraction of sp³-hybridized carbons (Fsp3) is 0.579. The number of carbonyl (C=O) groups is 2. The molecule has 0 aliphatic carbocycles. The number of hydrogen-bond donors (Lipinski definition) is 4. The van der Waals surface area contributed by atoms with Crippen molar-refractivity contribution in [2.75, 3.05) is 36.8 Å². The van der Waals surface area contributed by atoms with E-state index < -0.39 is 27.5 Å². The molecule has 10 heteroatoms. The van der Waals surface area contributed by atoms with Crippen molar-refractivity contribution in [2.45, 2.75) is 52.0 Å². The highest BCUT2D eigenvalue weighted by atomic mass is 32.2. The Labute approximate surface area is 173 Å². The molecule has 29 heavy (non-hydrogen) atoms. The standard InChI is InChI=1S/C19H33N5O4S/c1-7-20-15-11-10-14(29(27,28)24(8-2)9-3)12-16(15)21-13-17(25)22-18(26)23-19(4,5)6/h10-12,20-21H,7-9,13H2,1-6H3,(H2,22,23,25,26). The number of hydrogen-bond acceptors (Lipinski definition) is 6. The minimum absolute atomic E-state index is 0.135. The van der Waals surface area contributed by atoms with Gasteiger partial charge in [0.25, 0.3) is 0 Å². The Morgan fingerprint density at radius 2 is 1.62 bits per heavy atom. The molecular weight excluding hydrogens is 394 g/mol. The van der Waals surface area contributed by atoms with E-state index in [1.807, 2.05) is 6.92 Å². The van der Waals surface area contributed by atoms with Crippen molar-refractivity contribution in [2.24, 2.45) is 0 Å². The Balaban J connectivity index is 2.99. The molecule has 0 aromatic heterocycles. The van der Waals surface area contributed by atoms with Crippen LogP contribution in [0.3, 0.4) is 0 Å². The maximum atomic E-state index is 12.8. The Kier molecular flexibility index (Phi) is 8.90. The summed E-state index contributed by atoms with van der Waals surface area (Å²) in [7, 11) is -3.63. The molecule has 0 unspecified atom stereocenters. The Bertz CT molecular complexity index is 814. The highest BCUT2D eigenvalue weighted by molar-refractivity contribution is 7.89. The molecule has 4 N–H and O–H groups in total. The lowest BCUT2D eigenvalue weighted by Gasteiger charge is -2.21. The van der Waals surface area contributed by atoms with E-state index in [9.17, 15) is 18.0 Å². The number of nitrogens with one attached hydrogen (secondary N) is 4. The van der Waals surface area contributed by atoms with Crippen molar-refractivity contribution in [3.63, 3.8) is 0 Å². The maximum absolute atomic E-state index is 12.8. The lowest BCUT2D eigenvalue weighted by Crippen LogP contribution is -2.49. The second-order valence-electron chi connectivity index (χ2n) is 7.43. The zero-order valence-electron chi connectivity index (χ0n) is 18.0. The smallest absolute Gasteiger partial charge is 0.321 e. The van der Waals surface area contributed by atoms with E-state index >= 15 is 0 Å². The van der Waals surface area contributed by atoms with E-state index in [1.165, 1.54) is 16.4 Å². The third-order valence-corrected chi connectivity index (χ3v) is 5.93. The predicted molar refractivity (Wildman–Crippen MR) is 116 cm³/mol. The summed E-state index contributed by atoms with van der Waals surface area (Å²) in [5.41, 5.74) is 0.660. The molecule has 0 aliphatic rings. The zero-order chi connectivity index (χ0) is 22.2. The van der Waals surface area contributed by atoms with Gasteiger partial charge in [-0.15, -0.1) is 0 Å². The van der Waals surface area contributed by atoms with E-state index in [4.69, 9.17) is 0 Å². The van der Waals surface area contributed by atoms with Gasteiger partial charge in [-0.25, -0.2) is 13.2 Å². The molecule has 0 aliphatic heterocycles. The monoisotopic (exact) mass is 427 g/mol. The molecule has 0 saturated heterocycles. The summed E-state index contributed by atoms with van der Waals surface area (Å²) in [6, 6.07) is 4.10. The minimum Gasteiger partial charge on any atom is -0.384 e. The fourth-order valence-corrected chi connectivity index (χ4v) is 4.09. The van der Waals surface area contributed by atoms with Crippen LogP contribution in [0.5, 0.6) is 0 Å². The molecule has 0 atom stereocenters. The topological polar surface area (TPSA) is 120 Å². The normalized spacial score (nSPS) is 11.8. The molecule has 0 fully saturated rings. The second-order valence-corrected chi connectivity index (χ2v) is 9.37. The van der Waals surface area contributed by atoms with E-state index in [2.05, 4.69) is 21.3 Å². The summed E-state index contributed by atoms with van der Waals surface area (Å²) in [5, 5.41) is 10.9. The van der Waals surface area contributed by atoms with E-state index in [0.29, 0.717) is 31.0 Å². The molecule has 3 amide bonds. The van der Waals surface area contributed by atoms with E-state index in [1.54, 1.807) is 40.7 Å². The molecule has 1 aromatic carbocycles. The summed E-state index contributed by atoms with van der Waals surface area (Å²) in [6.07, 6.45) is 0. The van der Waals surface area contributed by atoms with Crippen LogP contribution in [0.4, 0.5) is 16.2 Å². The highest BCUT2D eigenvalue weighted by Crippen LogP contribution is 2.27. The van der Waals surface area contributed by atoms with E-state index in [0.717, 1.165) is 0 Å². The lowest BCUT2D eigenvalue weighted by atomic mass is 10.1. The van der Waals surface area contributed by atoms with Crippen LogP contribution in [0.15, 0.2) is 23.1 Å². The number of sulfonamides is 1. The van der Waals surface area contributed by atoms with Crippen LogP contribution in [0, 0.1) is 0 Å². The third-order valence-electron chi connectivity index (χ3n) is 3.88. The highest BCUT2D eigenvalue weighted by Gasteiger charge is 2.23. The average Bonchev–Trinajstić information content (AvgIpc) is 2.60. The van der Waals surface area contributed by atoms with Crippen molar-refractivity contribution < 1.29 is 18.0 Å². The maximum Gasteiger partial charge on any atom is 0.321 e. The van der Waals surface area contributed by atoms with Gasteiger partial charge in [0.2, 0.25) is 15.9 Å². The number of benzene rings is 1. The van der Waals surface area contributed by atoms with Gasteiger partial charge in [0.05, 0.1) is 22.8 Å². The number of rotatable bonds is 9. The third kappa shape index (κ3) is 7.54. The van der Waals surface area contributed by atoms with Crippen LogP contribution >= 0.6 is 0 Å². The first-order valence-electron chi connectivity index (χ1n) is 9.68. The number of imide groups is 1. The Morgan fingerprint density at radius 3 is 2.14 bits per heavy atom. The number of anilines is 2. The fourth-order valence-electron chi connectivity index (χ4n) is 2.61. The summed E-state index contributed by atoms with van der Waals surface area (Å²) in [4.78, 5) is 24.0. The molecule has 0 heterocycles. The minimum atomic E-state index is -3.63. The Hall–Kier alpha value is -2.33. The van der Waals surface area contributed by atoms with Crippen molar-refractivity contribution in [1.29, 1.82) is 0 Å². The second kappa shape index (κ2) is 10.4. The summed E-state index contributed by atoms with van der Waals surface area (Å²) < 4.78 is 26.9. The molecule has 9 nitrogen and oxygen atoms in total. The molecular formula is C19H33N5O4S. The summed E-state index contributed by atoms with van der Waals surface area (Å²) >= 11 is 0. The molecule has 0 radical (unpaired) electrons. The van der Waals surface area contributed by atoms with Gasteiger partial charge < -0.3 is 16.0 Å². The molecule has 0 saturated carbocycles. The van der Waals surface area contributed by atoms with Crippen molar-refractivity contribution >= 4 is 33.3 Å². The average molecular weight is 428 g/mol. The number of urea groups is 1. The molecule has 1 rings (SSSR count). The van der Waals surface area contributed by atoms with Gasteiger partial charge in [-0.2, -0.15) is 4.31 Å². The van der Waals surface area contributed by atoms with Crippen LogP contribution < -0.4 is 21.3 Å². The van der Waals surface area contributed by atoms with Gasteiger partial charge in [-0.3, -0.25) is 10.1 Å². The van der Waals surface area contributed by atoms with Gasteiger partial charge in [0.1, 0.15) is 0 Å². The van der Waals surface area contributed by atoms with Gasteiger partial charge in [0.15, 0.2) is 0 Å². The lowest BCUT2D eigenvalue weighted by molar-refractivity contribution is -0.118. The molecule has 164 valence electrons. The van der Waals surface area contributed by atoms with Gasteiger partial charge in [-0.1, -0.05) is 13.8 Å². The number of nitrogens with zero attached hydrogens (tertiary/aromatic N) is 1. The van der Waals surface area contributed by atoms with Crippen LogP contribution in [0.1, 0.15) is 41.5 Å². The quantitative estimate of drug-likeness (QED) is 0.480. The number of amides is 3. The zero-order valence-corrected chi connectivity index (χ0v) is 18.9. The SMILES string of the molecule is CCNc1ccc(S(=O)(=O)N(CC)CC)cc1NCC(=O)NC(=O)NC(C)(C)C. The van der Waals surface area contributed by atoms with Crippen LogP contribution in [0.2, 0.25) is 0 Å². The first-order valence-corrected chi connectivity index (χ1v) is 11.1. The van der Waals surface area contributed by atoms with Crippen LogP contribution in [0.25, 0.3) is 0 Å². The summed E-state index contributed by atoms with van der Waals surface area (Å²) in [6.45, 7) is 12.0. The van der Waals surface area contributed by atoms with E-state index in [-0.39, 0.29) is 11.4 Å². The van der Waals surface area contributed by atoms with Gasteiger partial charge in [0, 0.05) is 25.2 Å². The van der Waals surface area contributed by atoms with Gasteiger partial charge in [-0.05, 0) is 45.9 Å². The largest absolute Gasteiger partial charge is 0.384 e. The Morgan fingerprint density at radius 1 is 1.00 bits per heavy atom. The first-order chi connectivity index (χ1) is 13.4. The first kappa shape index (κ1) is 24.7. The molecule has 0 spiro atoms. The molecule has 0 bridgehead atoms. The van der Waals surface area contributed by atoms with Crippen LogP contribution in [-0.4, -0.2) is 56.4 Å². The van der Waals surface area contributed by atoms with Crippen molar-refractivity contribution in [3.05, 3.63) is 18.2 Å². The molecule has 1 aromatic rings. The summed E-state index contributed by atoms with van der Waals surface area (Å²) in [5.74, 6) is -0.536. The van der Waals surface area contributed by atoms with Crippen LogP contribution in [-0.2, 0) is 14.8 Å². The number of carbonyl (C=O) groups excluding carboxylic acids is 2. The van der Waals surface area contributed by atoms with Gasteiger partial charge >= 0.3 is 6.03 Å². The van der Waals surface area contributed by atoms with Crippen molar-refractivity contribution in [1.82, 2.24) is 14.9 Å². The van der Waals surface area contributed by atoms with Crippen molar-refractivity contribution in [3.8, 4) is 0 Å². The predicted octanol–water partition coefficient (Wildman–Crippen LogP) is 2.19.